The van der Waals surface area contributed by atoms with E-state index in [9.17, 15) is 0 Å². The summed E-state index contributed by atoms with van der Waals surface area (Å²) >= 11 is 0. The Morgan fingerprint density at radius 3 is 2.67 bits per heavy atom. The summed E-state index contributed by atoms with van der Waals surface area (Å²) in [7, 11) is 0. The van der Waals surface area contributed by atoms with Gasteiger partial charge in [0.25, 0.3) is 0 Å². The van der Waals surface area contributed by atoms with Crippen LogP contribution in [-0.2, 0) is 6.42 Å². The summed E-state index contributed by atoms with van der Waals surface area (Å²) in [5.74, 6) is 0.754. The minimum atomic E-state index is 0.754. The Morgan fingerprint density at radius 1 is 1.42 bits per heavy atom. The van der Waals surface area contributed by atoms with E-state index in [0.29, 0.717) is 0 Å². The van der Waals surface area contributed by atoms with E-state index in [4.69, 9.17) is 0 Å². The zero-order valence-corrected chi connectivity index (χ0v) is 7.29. The molecule has 2 rings (SSSR count). The van der Waals surface area contributed by atoms with Gasteiger partial charge in [0.15, 0.2) is 0 Å². The van der Waals surface area contributed by atoms with E-state index in [1.165, 1.54) is 30.5 Å². The summed E-state index contributed by atoms with van der Waals surface area (Å²) in [5, 5.41) is 0. The molecule has 0 spiro atoms. The maximum atomic E-state index is 4.43. The van der Waals surface area contributed by atoms with Gasteiger partial charge in [-0.25, -0.2) is 0 Å². The van der Waals surface area contributed by atoms with Gasteiger partial charge in [0.05, 0.1) is 0 Å². The van der Waals surface area contributed by atoms with E-state index in [2.05, 4.69) is 24.0 Å². The van der Waals surface area contributed by atoms with Gasteiger partial charge in [-0.15, -0.1) is 0 Å². The first-order chi connectivity index (χ1) is 5.90. The van der Waals surface area contributed by atoms with Crippen LogP contribution in [0.1, 0.15) is 36.4 Å². The molecule has 63 valence electrons. The van der Waals surface area contributed by atoms with Crippen molar-refractivity contribution in [3.63, 3.8) is 0 Å². The van der Waals surface area contributed by atoms with Crippen molar-refractivity contribution in [3.8, 4) is 0 Å². The van der Waals surface area contributed by atoms with E-state index in [1.54, 1.807) is 0 Å². The van der Waals surface area contributed by atoms with Crippen LogP contribution in [-0.4, -0.2) is 4.98 Å². The van der Waals surface area contributed by atoms with Crippen molar-refractivity contribution < 1.29 is 0 Å². The Morgan fingerprint density at radius 2 is 2.25 bits per heavy atom. The van der Waals surface area contributed by atoms with Crippen LogP contribution in [0, 0.1) is 6.92 Å². The summed E-state index contributed by atoms with van der Waals surface area (Å²) in [6, 6.07) is 4.30. The molecule has 1 saturated carbocycles. The monoisotopic (exact) mass is 160 g/mol. The fraction of sp³-hybridized carbons (Fsp3) is 0.455. The summed E-state index contributed by atoms with van der Waals surface area (Å²) < 4.78 is 0. The van der Waals surface area contributed by atoms with Crippen LogP contribution in [0.5, 0.6) is 0 Å². The Kier molecular flexibility index (Phi) is 2.11. The van der Waals surface area contributed by atoms with Gasteiger partial charge in [0.2, 0.25) is 0 Å². The van der Waals surface area contributed by atoms with Crippen LogP contribution in [0.15, 0.2) is 18.3 Å². The molecule has 0 aromatic carbocycles. The van der Waals surface area contributed by atoms with E-state index >= 15 is 0 Å². The van der Waals surface area contributed by atoms with Gasteiger partial charge in [-0.05, 0) is 37.8 Å². The summed E-state index contributed by atoms with van der Waals surface area (Å²) in [4.78, 5) is 4.43. The second kappa shape index (κ2) is 3.26. The van der Waals surface area contributed by atoms with Gasteiger partial charge in [-0.1, -0.05) is 12.5 Å². The van der Waals surface area contributed by atoms with Crippen molar-refractivity contribution >= 4 is 0 Å². The Hall–Kier alpha value is -0.850. The minimum absolute atomic E-state index is 0.754. The number of pyridine rings is 1. The number of hydrogen-bond donors (Lipinski definition) is 0. The van der Waals surface area contributed by atoms with Crippen molar-refractivity contribution in [2.24, 2.45) is 0 Å². The Labute approximate surface area is 73.8 Å². The van der Waals surface area contributed by atoms with Crippen LogP contribution in [0.25, 0.3) is 0 Å². The van der Waals surface area contributed by atoms with Crippen molar-refractivity contribution in [2.75, 3.05) is 0 Å². The molecule has 12 heavy (non-hydrogen) atoms. The molecule has 1 radical (unpaired) electrons. The fourth-order valence-corrected chi connectivity index (χ4v) is 1.53. The van der Waals surface area contributed by atoms with Crippen LogP contribution in [0.2, 0.25) is 0 Å². The molecule has 1 fully saturated rings. The Balaban J connectivity index is 2.13. The average molecular weight is 160 g/mol. The molecule has 1 nitrogen and oxygen atoms in total. The fourth-order valence-electron chi connectivity index (χ4n) is 1.53. The molecule has 0 saturated heterocycles. The molecule has 1 heteroatoms. The first-order valence-electron chi connectivity index (χ1n) is 4.64. The lowest BCUT2D eigenvalue weighted by Crippen LogP contribution is -2.10. The highest BCUT2D eigenvalue weighted by molar-refractivity contribution is 5.18. The zero-order chi connectivity index (χ0) is 8.39. The minimum Gasteiger partial charge on any atom is -0.261 e. The molecule has 0 bridgehead atoms. The quantitative estimate of drug-likeness (QED) is 0.648. The summed E-state index contributed by atoms with van der Waals surface area (Å²) in [6.07, 6.45) is 6.84. The third kappa shape index (κ3) is 1.36. The van der Waals surface area contributed by atoms with Crippen LogP contribution >= 0.6 is 0 Å². The van der Waals surface area contributed by atoms with Gasteiger partial charge >= 0.3 is 0 Å². The first kappa shape index (κ1) is 7.78. The highest BCUT2D eigenvalue weighted by Crippen LogP contribution is 2.34. The van der Waals surface area contributed by atoms with Gasteiger partial charge in [0.1, 0.15) is 0 Å². The third-order valence-corrected chi connectivity index (χ3v) is 2.66. The molecule has 1 aromatic heterocycles. The highest BCUT2D eigenvalue weighted by atomic mass is 14.7. The topological polar surface area (TPSA) is 12.9 Å². The molecular formula is C11H14N. The number of hydrogen-bond acceptors (Lipinski definition) is 1. The molecule has 1 aliphatic carbocycles. The molecule has 0 atom stereocenters. The van der Waals surface area contributed by atoms with Gasteiger partial charge in [0, 0.05) is 17.8 Å². The van der Waals surface area contributed by atoms with E-state index < -0.39 is 0 Å². The van der Waals surface area contributed by atoms with Crippen molar-refractivity contribution in [1.29, 1.82) is 0 Å². The smallest absolute Gasteiger partial charge is 0.0434 e. The molecule has 1 heterocycles. The van der Waals surface area contributed by atoms with Crippen LogP contribution < -0.4 is 0 Å². The predicted molar refractivity (Wildman–Crippen MR) is 49.9 cm³/mol. The number of aromatic nitrogens is 1. The second-order valence-corrected chi connectivity index (χ2v) is 3.47. The predicted octanol–water partition coefficient (Wildman–Crippen LogP) is 2.73. The van der Waals surface area contributed by atoms with Crippen molar-refractivity contribution in [3.05, 3.63) is 36.5 Å². The molecule has 0 unspecified atom stereocenters. The SMILES string of the molecule is [CH2]Cc1ccc(C2CCC2)nc1. The zero-order valence-electron chi connectivity index (χ0n) is 7.29. The second-order valence-electron chi connectivity index (χ2n) is 3.47. The number of nitrogens with zero attached hydrogens (tertiary/aromatic N) is 1. The molecule has 1 aliphatic rings. The van der Waals surface area contributed by atoms with Gasteiger partial charge in [-0.2, -0.15) is 0 Å². The normalized spacial score (nSPS) is 17.4. The maximum absolute atomic E-state index is 4.43. The van der Waals surface area contributed by atoms with Gasteiger partial charge in [-0.3, -0.25) is 4.98 Å². The standard InChI is InChI=1S/C11H14N/c1-2-9-6-7-11(12-8-9)10-4-3-5-10/h6-8,10H,1-5H2. The molecular weight excluding hydrogens is 146 g/mol. The van der Waals surface area contributed by atoms with Crippen LogP contribution in [0.3, 0.4) is 0 Å². The lowest BCUT2D eigenvalue weighted by Gasteiger charge is -2.24. The number of rotatable bonds is 2. The molecule has 0 amide bonds. The molecule has 0 N–H and O–H groups in total. The van der Waals surface area contributed by atoms with E-state index in [1.807, 2.05) is 6.20 Å². The summed E-state index contributed by atoms with van der Waals surface area (Å²) in [6.45, 7) is 3.82. The molecule has 0 aliphatic heterocycles. The van der Waals surface area contributed by atoms with Crippen LogP contribution in [0.4, 0.5) is 0 Å². The lowest BCUT2D eigenvalue weighted by molar-refractivity contribution is 0.411. The highest BCUT2D eigenvalue weighted by Gasteiger charge is 2.19. The summed E-state index contributed by atoms with van der Waals surface area (Å²) in [5.41, 5.74) is 2.51. The largest absolute Gasteiger partial charge is 0.261 e. The Bertz CT molecular complexity index is 246. The average Bonchev–Trinajstić information content (AvgIpc) is 2.03. The van der Waals surface area contributed by atoms with E-state index in [-0.39, 0.29) is 0 Å². The maximum Gasteiger partial charge on any atom is 0.0434 e. The van der Waals surface area contributed by atoms with Crippen molar-refractivity contribution in [2.45, 2.75) is 31.6 Å². The lowest BCUT2D eigenvalue weighted by atomic mass is 9.82. The van der Waals surface area contributed by atoms with Gasteiger partial charge < -0.3 is 0 Å². The molecule has 1 aromatic rings. The third-order valence-electron chi connectivity index (χ3n) is 2.66. The van der Waals surface area contributed by atoms with E-state index in [0.717, 1.165) is 12.3 Å². The first-order valence-corrected chi connectivity index (χ1v) is 4.64. The van der Waals surface area contributed by atoms with Crippen molar-refractivity contribution in [1.82, 2.24) is 4.98 Å².